The molecule has 0 radical (unpaired) electrons. The molecule has 6 heteroatoms. The van der Waals surface area contributed by atoms with E-state index >= 15 is 0 Å². The van der Waals surface area contributed by atoms with E-state index in [2.05, 4.69) is 0 Å². The first-order chi connectivity index (χ1) is 5.20. The Morgan fingerprint density at radius 2 is 1.45 bits per heavy atom. The van der Waals surface area contributed by atoms with Gasteiger partial charge in [-0.2, -0.15) is 0 Å². The van der Waals surface area contributed by atoms with Gasteiger partial charge in [0.15, 0.2) is 0 Å². The molecule has 0 aromatic rings. The summed E-state index contributed by atoms with van der Waals surface area (Å²) >= 11 is 0. The van der Waals surface area contributed by atoms with Crippen LogP contribution in [0.2, 0.25) is 0 Å². The van der Waals surface area contributed by atoms with Crippen LogP contribution < -0.4 is 22.5 Å². The molecular weight excluding hydrogens is 148 g/mol. The van der Waals surface area contributed by atoms with Gasteiger partial charge in [0.2, 0.25) is 11.8 Å². The summed E-state index contributed by atoms with van der Waals surface area (Å²) in [5, 5.41) is 0. The van der Waals surface area contributed by atoms with Crippen LogP contribution in [-0.4, -0.2) is 11.8 Å². The van der Waals surface area contributed by atoms with Crippen molar-refractivity contribution in [2.24, 2.45) is 23.5 Å². The second kappa shape index (κ2) is 2.85. The summed E-state index contributed by atoms with van der Waals surface area (Å²) in [6.45, 7) is 0. The molecule has 1 aliphatic carbocycles. The lowest BCUT2D eigenvalue weighted by atomic mass is 10.3. The predicted octanol–water partition coefficient (Wildman–Crippen LogP) is -2.40. The maximum atomic E-state index is 10.7. The highest BCUT2D eigenvalue weighted by atomic mass is 16.2. The van der Waals surface area contributed by atoms with E-state index in [0.717, 1.165) is 0 Å². The topological polar surface area (TPSA) is 110 Å². The van der Waals surface area contributed by atoms with Crippen LogP contribution in [0.25, 0.3) is 0 Å². The molecule has 0 spiro atoms. The zero-order valence-corrected chi connectivity index (χ0v) is 5.83. The number of carbonyl (C=O) groups is 2. The van der Waals surface area contributed by atoms with Crippen LogP contribution >= 0.6 is 0 Å². The Hall–Kier alpha value is -1.14. The lowest BCUT2D eigenvalue weighted by molar-refractivity contribution is -0.127. The van der Waals surface area contributed by atoms with Crippen LogP contribution in [0, 0.1) is 11.8 Å². The normalized spacial score (nSPS) is 27.5. The molecule has 6 nitrogen and oxygen atoms in total. The molecule has 0 bridgehead atoms. The molecule has 1 aliphatic rings. The van der Waals surface area contributed by atoms with Crippen LogP contribution in [0.3, 0.4) is 0 Å². The van der Waals surface area contributed by atoms with Crippen molar-refractivity contribution in [2.75, 3.05) is 0 Å². The number of nitrogens with one attached hydrogen (secondary N) is 2. The molecule has 11 heavy (non-hydrogen) atoms. The second-order valence-corrected chi connectivity index (χ2v) is 2.47. The zero-order chi connectivity index (χ0) is 8.43. The monoisotopic (exact) mass is 158 g/mol. The Morgan fingerprint density at radius 3 is 1.73 bits per heavy atom. The third kappa shape index (κ3) is 1.47. The fraction of sp³-hybridized carbons (Fsp3) is 0.600. The minimum Gasteiger partial charge on any atom is -0.294 e. The van der Waals surface area contributed by atoms with Crippen molar-refractivity contribution < 1.29 is 9.59 Å². The summed E-state index contributed by atoms with van der Waals surface area (Å²) in [7, 11) is 0. The molecule has 1 saturated carbocycles. The quantitative estimate of drug-likeness (QED) is 0.204. The molecule has 0 heterocycles. The van der Waals surface area contributed by atoms with Crippen molar-refractivity contribution in [3.63, 3.8) is 0 Å². The van der Waals surface area contributed by atoms with E-state index in [1.54, 1.807) is 0 Å². The van der Waals surface area contributed by atoms with Gasteiger partial charge in [-0.25, -0.2) is 11.7 Å². The summed E-state index contributed by atoms with van der Waals surface area (Å²) in [5.74, 6) is 8.52. The van der Waals surface area contributed by atoms with Crippen LogP contribution in [0.15, 0.2) is 0 Å². The SMILES string of the molecule is NNC(=O)C1CC1C(=O)NN. The van der Waals surface area contributed by atoms with E-state index < -0.39 is 0 Å². The molecule has 62 valence electrons. The van der Waals surface area contributed by atoms with E-state index in [1.807, 2.05) is 10.9 Å². The van der Waals surface area contributed by atoms with Crippen molar-refractivity contribution in [3.05, 3.63) is 0 Å². The van der Waals surface area contributed by atoms with E-state index in [1.165, 1.54) is 0 Å². The number of hydrogen-bond donors (Lipinski definition) is 4. The van der Waals surface area contributed by atoms with Gasteiger partial charge in [0.25, 0.3) is 0 Å². The van der Waals surface area contributed by atoms with E-state index in [4.69, 9.17) is 11.7 Å². The Kier molecular flexibility index (Phi) is 2.06. The molecule has 0 aliphatic heterocycles. The molecule has 2 unspecified atom stereocenters. The van der Waals surface area contributed by atoms with Gasteiger partial charge >= 0.3 is 0 Å². The van der Waals surface area contributed by atoms with Gasteiger partial charge in [0.05, 0.1) is 11.8 Å². The van der Waals surface area contributed by atoms with Crippen molar-refractivity contribution in [2.45, 2.75) is 6.42 Å². The molecule has 6 N–H and O–H groups in total. The maximum Gasteiger partial charge on any atom is 0.237 e. The minimum atomic E-state index is -0.307. The van der Waals surface area contributed by atoms with Gasteiger partial charge in [-0.05, 0) is 6.42 Å². The molecule has 0 aromatic heterocycles. The average Bonchev–Trinajstić information content (AvgIpc) is 2.80. The van der Waals surface area contributed by atoms with Gasteiger partial charge < -0.3 is 0 Å². The van der Waals surface area contributed by atoms with Crippen molar-refractivity contribution in [3.8, 4) is 0 Å². The third-order valence-electron chi connectivity index (χ3n) is 1.75. The Morgan fingerprint density at radius 1 is 1.09 bits per heavy atom. The first-order valence-corrected chi connectivity index (χ1v) is 3.21. The maximum absolute atomic E-state index is 10.7. The highest BCUT2D eigenvalue weighted by molar-refractivity contribution is 5.91. The second-order valence-electron chi connectivity index (χ2n) is 2.47. The lowest BCUT2D eigenvalue weighted by Crippen LogP contribution is -2.36. The van der Waals surface area contributed by atoms with Gasteiger partial charge in [0, 0.05) is 0 Å². The van der Waals surface area contributed by atoms with Gasteiger partial charge in [0.1, 0.15) is 0 Å². The van der Waals surface area contributed by atoms with Gasteiger partial charge in [-0.3, -0.25) is 20.4 Å². The molecule has 0 saturated heterocycles. The van der Waals surface area contributed by atoms with Crippen LogP contribution in [0.4, 0.5) is 0 Å². The number of amides is 2. The van der Waals surface area contributed by atoms with Crippen LogP contribution in [0.5, 0.6) is 0 Å². The Labute approximate surface area is 63.2 Å². The Balaban J connectivity index is 2.37. The number of hydrazine groups is 2. The number of hydrogen-bond acceptors (Lipinski definition) is 4. The molecule has 2 atom stereocenters. The third-order valence-corrected chi connectivity index (χ3v) is 1.75. The molecular formula is C5H10N4O2. The summed E-state index contributed by atoms with van der Waals surface area (Å²) in [4.78, 5) is 21.5. The average molecular weight is 158 g/mol. The fourth-order valence-corrected chi connectivity index (χ4v) is 0.989. The van der Waals surface area contributed by atoms with E-state index in [0.29, 0.717) is 6.42 Å². The first-order valence-electron chi connectivity index (χ1n) is 3.21. The summed E-state index contributed by atoms with van der Waals surface area (Å²) < 4.78 is 0. The first kappa shape index (κ1) is 7.96. The predicted molar refractivity (Wildman–Crippen MR) is 36.3 cm³/mol. The fourth-order valence-electron chi connectivity index (χ4n) is 0.989. The van der Waals surface area contributed by atoms with Crippen molar-refractivity contribution in [1.29, 1.82) is 0 Å². The smallest absolute Gasteiger partial charge is 0.237 e. The van der Waals surface area contributed by atoms with Gasteiger partial charge in [-0.15, -0.1) is 0 Å². The number of nitrogens with two attached hydrogens (primary N) is 2. The zero-order valence-electron chi connectivity index (χ0n) is 5.83. The van der Waals surface area contributed by atoms with Crippen LogP contribution in [-0.2, 0) is 9.59 Å². The summed E-state index contributed by atoms with van der Waals surface area (Å²) in [6.07, 6.45) is 0.534. The number of rotatable bonds is 2. The molecule has 2 amide bonds. The van der Waals surface area contributed by atoms with Crippen molar-refractivity contribution in [1.82, 2.24) is 10.9 Å². The van der Waals surface area contributed by atoms with Gasteiger partial charge in [-0.1, -0.05) is 0 Å². The van der Waals surface area contributed by atoms with Crippen molar-refractivity contribution >= 4 is 11.8 Å². The summed E-state index contributed by atoms with van der Waals surface area (Å²) in [5.41, 5.74) is 3.95. The van der Waals surface area contributed by atoms with E-state index in [-0.39, 0.29) is 23.7 Å². The number of carbonyl (C=O) groups excluding carboxylic acids is 2. The van der Waals surface area contributed by atoms with Crippen LogP contribution in [0.1, 0.15) is 6.42 Å². The van der Waals surface area contributed by atoms with E-state index in [9.17, 15) is 9.59 Å². The Bertz CT molecular complexity index is 173. The standard InChI is InChI=1S/C5H10N4O2/c6-8-4(10)2-1-3(2)5(11)9-7/h2-3H,1,6-7H2,(H,8,10)(H,9,11). The largest absolute Gasteiger partial charge is 0.294 e. The molecule has 0 aromatic carbocycles. The lowest BCUT2D eigenvalue weighted by Gasteiger charge is -1.96. The molecule has 1 rings (SSSR count). The highest BCUT2D eigenvalue weighted by Gasteiger charge is 2.47. The summed E-state index contributed by atoms with van der Waals surface area (Å²) in [6, 6.07) is 0. The molecule has 1 fully saturated rings. The minimum absolute atomic E-state index is 0.288. The highest BCUT2D eigenvalue weighted by Crippen LogP contribution is 2.38.